The summed E-state index contributed by atoms with van der Waals surface area (Å²) in [5.74, 6) is 1.28. The van der Waals surface area contributed by atoms with E-state index in [1.54, 1.807) is 6.07 Å². The maximum atomic E-state index is 12.3. The van der Waals surface area contributed by atoms with E-state index < -0.39 is 0 Å². The second-order valence-corrected chi connectivity index (χ2v) is 6.72. The van der Waals surface area contributed by atoms with Gasteiger partial charge in [0, 0.05) is 18.0 Å². The molecule has 0 fully saturated rings. The number of hydrogen-bond donors (Lipinski definition) is 2. The molecule has 0 saturated heterocycles. The number of phenols is 1. The Bertz CT molecular complexity index is 725. The summed E-state index contributed by atoms with van der Waals surface area (Å²) in [6.45, 7) is 10.5. The molecule has 0 bridgehead atoms. The highest BCUT2D eigenvalue weighted by molar-refractivity contribution is 6.32. The first kappa shape index (κ1) is 22.8. The molecule has 0 spiro atoms. The Labute approximate surface area is 167 Å². The lowest BCUT2D eigenvalue weighted by molar-refractivity contribution is -0.130. The van der Waals surface area contributed by atoms with E-state index in [-0.39, 0.29) is 17.1 Å². The van der Waals surface area contributed by atoms with Crippen molar-refractivity contribution < 1.29 is 14.6 Å². The Morgan fingerprint density at radius 3 is 2.22 bits per heavy atom. The van der Waals surface area contributed by atoms with Crippen LogP contribution in [-0.2, 0) is 11.3 Å². The highest BCUT2D eigenvalue weighted by Crippen LogP contribution is 2.32. The second-order valence-electron chi connectivity index (χ2n) is 6.31. The lowest BCUT2D eigenvalue weighted by Gasteiger charge is -2.25. The van der Waals surface area contributed by atoms with Crippen molar-refractivity contribution in [3.8, 4) is 17.2 Å². The first-order valence-electron chi connectivity index (χ1n) is 9.41. The van der Waals surface area contributed by atoms with Crippen molar-refractivity contribution in [2.24, 2.45) is 5.41 Å². The first-order valence-corrected chi connectivity index (χ1v) is 9.79. The SMILES string of the molecule is CC.CCC(C)(CC)C(=O)NCc1ccc(Oc2ccc(O)cc2Cl)cc1. The van der Waals surface area contributed by atoms with Crippen molar-refractivity contribution >= 4 is 17.5 Å². The summed E-state index contributed by atoms with van der Waals surface area (Å²) < 4.78 is 5.70. The van der Waals surface area contributed by atoms with Crippen LogP contribution in [0.25, 0.3) is 0 Å². The fraction of sp³-hybridized carbons (Fsp3) is 0.409. The van der Waals surface area contributed by atoms with E-state index in [1.165, 1.54) is 12.1 Å². The number of carbonyl (C=O) groups excluding carboxylic acids is 1. The van der Waals surface area contributed by atoms with Crippen molar-refractivity contribution in [1.82, 2.24) is 5.32 Å². The Morgan fingerprint density at radius 1 is 1.11 bits per heavy atom. The highest BCUT2D eigenvalue weighted by atomic mass is 35.5. The van der Waals surface area contributed by atoms with Crippen LogP contribution in [0.1, 0.15) is 53.0 Å². The van der Waals surface area contributed by atoms with E-state index in [9.17, 15) is 9.90 Å². The van der Waals surface area contributed by atoms with Gasteiger partial charge < -0.3 is 15.2 Å². The standard InChI is InChI=1S/C20H24ClNO3.C2H6/c1-4-20(3,5-2)19(24)22-13-14-6-9-16(10-7-14)25-18-11-8-15(23)12-17(18)21;1-2/h6-12,23H,4-5,13H2,1-3H3,(H,22,24);1-2H3. The van der Waals surface area contributed by atoms with Crippen LogP contribution in [0.4, 0.5) is 0 Å². The zero-order chi connectivity index (χ0) is 20.4. The average molecular weight is 392 g/mol. The molecule has 2 aromatic rings. The molecule has 0 aromatic heterocycles. The summed E-state index contributed by atoms with van der Waals surface area (Å²) in [5.41, 5.74) is 0.672. The van der Waals surface area contributed by atoms with E-state index in [0.717, 1.165) is 18.4 Å². The van der Waals surface area contributed by atoms with Gasteiger partial charge in [-0.3, -0.25) is 4.79 Å². The van der Waals surface area contributed by atoms with Gasteiger partial charge in [0.1, 0.15) is 17.2 Å². The third-order valence-corrected chi connectivity index (χ3v) is 4.92. The fourth-order valence-corrected chi connectivity index (χ4v) is 2.56. The van der Waals surface area contributed by atoms with Crippen LogP contribution in [-0.4, -0.2) is 11.0 Å². The predicted molar refractivity (Wildman–Crippen MR) is 112 cm³/mol. The molecule has 0 saturated carbocycles. The van der Waals surface area contributed by atoms with Gasteiger partial charge in [-0.15, -0.1) is 0 Å². The molecule has 0 aliphatic carbocycles. The van der Waals surface area contributed by atoms with Crippen LogP contribution in [0.15, 0.2) is 42.5 Å². The van der Waals surface area contributed by atoms with Gasteiger partial charge in [-0.1, -0.05) is 58.4 Å². The van der Waals surface area contributed by atoms with Gasteiger partial charge in [0.25, 0.3) is 0 Å². The number of ether oxygens (including phenoxy) is 1. The number of benzene rings is 2. The third kappa shape index (κ3) is 6.47. The van der Waals surface area contributed by atoms with Gasteiger partial charge in [-0.25, -0.2) is 0 Å². The number of nitrogens with one attached hydrogen (secondary N) is 1. The molecular formula is C22H30ClNO3. The lowest BCUT2D eigenvalue weighted by atomic mass is 9.84. The van der Waals surface area contributed by atoms with Crippen molar-refractivity contribution in [1.29, 1.82) is 0 Å². The van der Waals surface area contributed by atoms with Crippen LogP contribution in [0.5, 0.6) is 17.2 Å². The summed E-state index contributed by atoms with van der Waals surface area (Å²) >= 11 is 6.03. The first-order chi connectivity index (χ1) is 12.9. The topological polar surface area (TPSA) is 58.6 Å². The summed E-state index contributed by atoms with van der Waals surface area (Å²) in [6, 6.07) is 12.0. The molecule has 2 rings (SSSR count). The zero-order valence-corrected chi connectivity index (χ0v) is 17.6. The molecule has 5 heteroatoms. The minimum absolute atomic E-state index is 0.0775. The van der Waals surface area contributed by atoms with Crippen LogP contribution in [0.2, 0.25) is 5.02 Å². The van der Waals surface area contributed by atoms with E-state index in [4.69, 9.17) is 16.3 Å². The minimum atomic E-state index is -0.321. The van der Waals surface area contributed by atoms with E-state index in [0.29, 0.717) is 23.1 Å². The molecule has 0 atom stereocenters. The van der Waals surface area contributed by atoms with Crippen LogP contribution >= 0.6 is 11.6 Å². The van der Waals surface area contributed by atoms with E-state index in [2.05, 4.69) is 5.32 Å². The molecule has 0 aliphatic rings. The molecule has 0 radical (unpaired) electrons. The number of halogens is 1. The van der Waals surface area contributed by atoms with Gasteiger partial charge in [-0.05, 0) is 42.7 Å². The van der Waals surface area contributed by atoms with Crippen LogP contribution in [0.3, 0.4) is 0 Å². The molecule has 0 aliphatic heterocycles. The third-order valence-electron chi connectivity index (χ3n) is 4.63. The number of carbonyl (C=O) groups is 1. The van der Waals surface area contributed by atoms with Gasteiger partial charge in [0.2, 0.25) is 5.91 Å². The fourth-order valence-electron chi connectivity index (χ4n) is 2.34. The largest absolute Gasteiger partial charge is 0.508 e. The Kier molecular flexibility index (Phi) is 9.16. The number of aromatic hydroxyl groups is 1. The molecule has 2 aromatic carbocycles. The molecule has 0 heterocycles. The smallest absolute Gasteiger partial charge is 0.226 e. The van der Waals surface area contributed by atoms with Crippen molar-refractivity contribution in [3.63, 3.8) is 0 Å². The molecular weight excluding hydrogens is 362 g/mol. The maximum absolute atomic E-state index is 12.3. The summed E-state index contributed by atoms with van der Waals surface area (Å²) in [4.78, 5) is 12.3. The molecule has 0 unspecified atom stereocenters. The predicted octanol–water partition coefficient (Wildman–Crippen LogP) is 6.31. The lowest BCUT2D eigenvalue weighted by Crippen LogP contribution is -2.37. The summed E-state index contributed by atoms with van der Waals surface area (Å²) in [6.07, 6.45) is 1.63. The maximum Gasteiger partial charge on any atom is 0.226 e. The molecule has 4 nitrogen and oxygen atoms in total. The van der Waals surface area contributed by atoms with Gasteiger partial charge in [0.05, 0.1) is 5.02 Å². The second kappa shape index (κ2) is 10.8. The Morgan fingerprint density at radius 2 is 1.70 bits per heavy atom. The van der Waals surface area contributed by atoms with Crippen molar-refractivity contribution in [3.05, 3.63) is 53.1 Å². The van der Waals surface area contributed by atoms with Gasteiger partial charge >= 0.3 is 0 Å². The summed E-state index contributed by atoms with van der Waals surface area (Å²) in [5, 5.41) is 12.7. The van der Waals surface area contributed by atoms with E-state index >= 15 is 0 Å². The highest BCUT2D eigenvalue weighted by Gasteiger charge is 2.28. The number of amides is 1. The van der Waals surface area contributed by atoms with Gasteiger partial charge in [-0.2, -0.15) is 0 Å². The molecule has 148 valence electrons. The number of hydrogen-bond acceptors (Lipinski definition) is 3. The Balaban J connectivity index is 0.00000176. The van der Waals surface area contributed by atoms with Gasteiger partial charge in [0.15, 0.2) is 0 Å². The van der Waals surface area contributed by atoms with E-state index in [1.807, 2.05) is 58.9 Å². The molecule has 27 heavy (non-hydrogen) atoms. The monoisotopic (exact) mass is 391 g/mol. The zero-order valence-electron chi connectivity index (χ0n) is 16.8. The normalized spacial score (nSPS) is 10.6. The number of phenolic OH excluding ortho intramolecular Hbond substituents is 1. The van der Waals surface area contributed by atoms with Crippen LogP contribution in [0, 0.1) is 5.41 Å². The average Bonchev–Trinajstić information content (AvgIpc) is 2.70. The summed E-state index contributed by atoms with van der Waals surface area (Å²) in [7, 11) is 0. The molecule has 1 amide bonds. The van der Waals surface area contributed by atoms with Crippen molar-refractivity contribution in [2.75, 3.05) is 0 Å². The quantitative estimate of drug-likeness (QED) is 0.581. The number of rotatable bonds is 7. The Hall–Kier alpha value is -2.20. The molecule has 2 N–H and O–H groups in total. The minimum Gasteiger partial charge on any atom is -0.508 e. The van der Waals surface area contributed by atoms with Crippen molar-refractivity contribution in [2.45, 2.75) is 54.0 Å². The van der Waals surface area contributed by atoms with Crippen LogP contribution < -0.4 is 10.1 Å².